The summed E-state index contributed by atoms with van der Waals surface area (Å²) in [6, 6.07) is 3.07. The van der Waals surface area contributed by atoms with Gasteiger partial charge < -0.3 is 10.6 Å². The van der Waals surface area contributed by atoms with Crippen LogP contribution in [0.25, 0.3) is 0 Å². The van der Waals surface area contributed by atoms with Crippen molar-refractivity contribution in [2.75, 3.05) is 11.4 Å². The fraction of sp³-hybridized carbons (Fsp3) is 0.625. The molecular formula is C16H22F2N2. The van der Waals surface area contributed by atoms with Gasteiger partial charge in [-0.05, 0) is 49.3 Å². The van der Waals surface area contributed by atoms with Gasteiger partial charge in [0.1, 0.15) is 17.3 Å². The molecule has 0 unspecified atom stereocenters. The third-order valence-electron chi connectivity index (χ3n) is 4.84. The molecule has 1 heterocycles. The number of nitrogens with two attached hydrogens (primary N) is 1. The van der Waals surface area contributed by atoms with Crippen molar-refractivity contribution in [1.29, 1.82) is 0 Å². The molecule has 4 heteroatoms. The highest BCUT2D eigenvalue weighted by Gasteiger charge is 2.35. The van der Waals surface area contributed by atoms with E-state index in [9.17, 15) is 8.78 Å². The summed E-state index contributed by atoms with van der Waals surface area (Å²) in [7, 11) is 0. The second kappa shape index (κ2) is 5.68. The first-order valence-electron chi connectivity index (χ1n) is 7.65. The lowest BCUT2D eigenvalue weighted by Gasteiger charge is -2.45. The van der Waals surface area contributed by atoms with E-state index in [4.69, 9.17) is 5.73 Å². The topological polar surface area (TPSA) is 29.3 Å². The van der Waals surface area contributed by atoms with Crippen molar-refractivity contribution in [2.45, 2.75) is 51.1 Å². The van der Waals surface area contributed by atoms with Gasteiger partial charge in [-0.2, -0.15) is 0 Å². The summed E-state index contributed by atoms with van der Waals surface area (Å²) in [6.07, 6.45) is 6.91. The van der Waals surface area contributed by atoms with E-state index in [1.165, 1.54) is 37.8 Å². The summed E-state index contributed by atoms with van der Waals surface area (Å²) in [5, 5.41) is 0. The molecule has 1 saturated carbocycles. The van der Waals surface area contributed by atoms with Crippen molar-refractivity contribution in [3.63, 3.8) is 0 Å². The number of hydrogen-bond donors (Lipinski definition) is 1. The zero-order valence-electron chi connectivity index (χ0n) is 11.7. The van der Waals surface area contributed by atoms with Crippen molar-refractivity contribution in [3.05, 3.63) is 29.3 Å². The Morgan fingerprint density at radius 2 is 1.70 bits per heavy atom. The SMILES string of the molecule is NCc1cc(F)c(N2CCC[C@H]3CCCC[C@H]32)c(F)c1. The predicted molar refractivity (Wildman–Crippen MR) is 76.6 cm³/mol. The van der Waals surface area contributed by atoms with Crippen LogP contribution >= 0.6 is 0 Å². The Bertz CT molecular complexity index is 464. The summed E-state index contributed by atoms with van der Waals surface area (Å²) in [5.41, 5.74) is 6.16. The van der Waals surface area contributed by atoms with Gasteiger partial charge >= 0.3 is 0 Å². The molecule has 2 fully saturated rings. The molecule has 2 aliphatic rings. The van der Waals surface area contributed by atoms with E-state index in [0.717, 1.165) is 19.4 Å². The first-order valence-corrected chi connectivity index (χ1v) is 7.65. The molecule has 2 atom stereocenters. The average molecular weight is 280 g/mol. The quantitative estimate of drug-likeness (QED) is 0.897. The van der Waals surface area contributed by atoms with Crippen LogP contribution in [0, 0.1) is 17.6 Å². The molecule has 0 spiro atoms. The highest BCUT2D eigenvalue weighted by atomic mass is 19.1. The van der Waals surface area contributed by atoms with Crippen LogP contribution in [0.5, 0.6) is 0 Å². The van der Waals surface area contributed by atoms with Gasteiger partial charge in [0.2, 0.25) is 0 Å². The molecule has 1 aromatic carbocycles. The third kappa shape index (κ3) is 2.41. The lowest BCUT2D eigenvalue weighted by atomic mass is 9.78. The van der Waals surface area contributed by atoms with E-state index in [-0.39, 0.29) is 12.2 Å². The smallest absolute Gasteiger partial charge is 0.149 e. The number of benzene rings is 1. The van der Waals surface area contributed by atoms with Crippen LogP contribution in [0.15, 0.2) is 12.1 Å². The Labute approximate surface area is 118 Å². The number of piperidine rings is 1. The minimum Gasteiger partial charge on any atom is -0.364 e. The Kier molecular flexibility index (Phi) is 3.92. The number of anilines is 1. The largest absolute Gasteiger partial charge is 0.364 e. The van der Waals surface area contributed by atoms with Crippen molar-refractivity contribution >= 4 is 5.69 Å². The third-order valence-corrected chi connectivity index (χ3v) is 4.84. The second-order valence-corrected chi connectivity index (χ2v) is 6.06. The minimum atomic E-state index is -0.461. The minimum absolute atomic E-state index is 0.166. The Morgan fingerprint density at radius 1 is 1.05 bits per heavy atom. The fourth-order valence-corrected chi connectivity index (χ4v) is 3.91. The first-order chi connectivity index (χ1) is 9.70. The maximum Gasteiger partial charge on any atom is 0.149 e. The molecule has 2 N–H and O–H groups in total. The van der Waals surface area contributed by atoms with Crippen molar-refractivity contribution in [3.8, 4) is 0 Å². The zero-order valence-corrected chi connectivity index (χ0v) is 11.7. The van der Waals surface area contributed by atoms with Crippen molar-refractivity contribution in [1.82, 2.24) is 0 Å². The van der Waals surface area contributed by atoms with Crippen LogP contribution in [-0.2, 0) is 6.54 Å². The van der Waals surface area contributed by atoms with E-state index in [2.05, 4.69) is 0 Å². The summed E-state index contributed by atoms with van der Waals surface area (Å²) in [6.45, 7) is 0.928. The highest BCUT2D eigenvalue weighted by molar-refractivity contribution is 5.52. The van der Waals surface area contributed by atoms with Gasteiger partial charge in [0.05, 0.1) is 0 Å². The van der Waals surface area contributed by atoms with E-state index < -0.39 is 11.6 Å². The molecule has 1 aliphatic heterocycles. The molecule has 0 amide bonds. The van der Waals surface area contributed by atoms with Gasteiger partial charge in [0.15, 0.2) is 0 Å². The maximum absolute atomic E-state index is 14.3. The normalized spacial score (nSPS) is 26.4. The maximum atomic E-state index is 14.3. The second-order valence-electron chi connectivity index (χ2n) is 6.06. The van der Waals surface area contributed by atoms with E-state index in [1.54, 1.807) is 0 Å². The highest BCUT2D eigenvalue weighted by Crippen LogP contribution is 2.39. The molecule has 110 valence electrons. The van der Waals surface area contributed by atoms with Crippen LogP contribution in [0.4, 0.5) is 14.5 Å². The molecular weight excluding hydrogens is 258 g/mol. The van der Waals surface area contributed by atoms with Crippen LogP contribution in [0.1, 0.15) is 44.1 Å². The molecule has 0 aromatic heterocycles. The van der Waals surface area contributed by atoms with Crippen molar-refractivity contribution < 1.29 is 8.78 Å². The van der Waals surface area contributed by atoms with Gasteiger partial charge in [-0.15, -0.1) is 0 Å². The van der Waals surface area contributed by atoms with E-state index in [1.807, 2.05) is 4.90 Å². The molecule has 0 radical (unpaired) electrons. The molecule has 1 saturated heterocycles. The van der Waals surface area contributed by atoms with Crippen LogP contribution in [-0.4, -0.2) is 12.6 Å². The Balaban J connectivity index is 1.94. The van der Waals surface area contributed by atoms with Gasteiger partial charge in [0, 0.05) is 19.1 Å². The first kappa shape index (κ1) is 13.8. The number of hydrogen-bond acceptors (Lipinski definition) is 2. The van der Waals surface area contributed by atoms with Crippen LogP contribution < -0.4 is 10.6 Å². The summed E-state index contributed by atoms with van der Waals surface area (Å²) >= 11 is 0. The Hall–Kier alpha value is -1.16. The van der Waals surface area contributed by atoms with Gasteiger partial charge in [-0.3, -0.25) is 0 Å². The number of halogens is 2. The number of rotatable bonds is 2. The van der Waals surface area contributed by atoms with Gasteiger partial charge in [0.25, 0.3) is 0 Å². The monoisotopic (exact) mass is 280 g/mol. The van der Waals surface area contributed by atoms with Crippen LogP contribution in [0.2, 0.25) is 0 Å². The number of fused-ring (bicyclic) bond motifs is 1. The summed E-state index contributed by atoms with van der Waals surface area (Å²) in [4.78, 5) is 1.98. The molecule has 0 bridgehead atoms. The van der Waals surface area contributed by atoms with Gasteiger partial charge in [-0.1, -0.05) is 12.8 Å². The average Bonchev–Trinajstić information content (AvgIpc) is 2.46. The van der Waals surface area contributed by atoms with Gasteiger partial charge in [-0.25, -0.2) is 8.78 Å². The molecule has 1 aliphatic carbocycles. The van der Waals surface area contributed by atoms with E-state index >= 15 is 0 Å². The standard InChI is InChI=1S/C16H22F2N2/c17-13-8-11(10-19)9-14(18)16(13)20-7-3-5-12-4-1-2-6-15(12)20/h8-9,12,15H,1-7,10,19H2/t12-,15-/m1/s1. The molecule has 20 heavy (non-hydrogen) atoms. The lowest BCUT2D eigenvalue weighted by Crippen LogP contribution is -2.47. The fourth-order valence-electron chi connectivity index (χ4n) is 3.91. The number of nitrogens with zero attached hydrogens (tertiary/aromatic N) is 1. The Morgan fingerprint density at radius 3 is 2.40 bits per heavy atom. The molecule has 1 aromatic rings. The van der Waals surface area contributed by atoms with Crippen molar-refractivity contribution in [2.24, 2.45) is 11.7 Å². The zero-order chi connectivity index (χ0) is 14.1. The predicted octanol–water partition coefficient (Wildman–Crippen LogP) is 3.58. The summed E-state index contributed by atoms with van der Waals surface area (Å²) in [5.74, 6) is -0.321. The lowest BCUT2D eigenvalue weighted by molar-refractivity contribution is 0.241. The van der Waals surface area contributed by atoms with E-state index in [0.29, 0.717) is 17.5 Å². The van der Waals surface area contributed by atoms with Crippen LogP contribution in [0.3, 0.4) is 0 Å². The molecule has 2 nitrogen and oxygen atoms in total. The summed E-state index contributed by atoms with van der Waals surface area (Å²) < 4.78 is 28.6. The molecule has 3 rings (SSSR count).